The Balaban J connectivity index is 1.48. The number of amides is 2. The van der Waals surface area contributed by atoms with E-state index in [4.69, 9.17) is 27.3 Å². The highest BCUT2D eigenvalue weighted by Crippen LogP contribution is 2.38. The lowest BCUT2D eigenvalue weighted by Crippen LogP contribution is -2.47. The Hall–Kier alpha value is -2.75. The van der Waals surface area contributed by atoms with Crippen LogP contribution in [0.3, 0.4) is 0 Å². The Morgan fingerprint density at radius 2 is 1.80 bits per heavy atom. The van der Waals surface area contributed by atoms with Crippen molar-refractivity contribution < 1.29 is 18.0 Å². The molecule has 1 aromatic heterocycles. The van der Waals surface area contributed by atoms with Crippen molar-refractivity contribution in [3.63, 3.8) is 0 Å². The number of rotatable bonds is 5. The summed E-state index contributed by atoms with van der Waals surface area (Å²) in [5, 5.41) is 3.49. The number of carbonyl (C=O) groups excluding carboxylic acids is 1. The molecular weight excluding hydrogens is 481 g/mol. The number of aryl methyl sites for hydroxylation is 1. The van der Waals surface area contributed by atoms with Crippen LogP contribution in [0.4, 0.5) is 35.4 Å². The summed E-state index contributed by atoms with van der Waals surface area (Å²) in [5.41, 5.74) is 7.01. The number of primary amides is 1. The molecule has 3 N–H and O–H groups in total. The minimum Gasteiger partial charge on any atom is -0.362 e. The highest BCUT2D eigenvalue weighted by Gasteiger charge is 2.35. The molecule has 0 atom stereocenters. The second-order valence-electron chi connectivity index (χ2n) is 9.42. The van der Waals surface area contributed by atoms with Crippen molar-refractivity contribution in [2.75, 3.05) is 29.2 Å². The summed E-state index contributed by atoms with van der Waals surface area (Å²) in [7, 11) is 3.95. The van der Waals surface area contributed by atoms with E-state index in [0.29, 0.717) is 31.6 Å². The molecule has 1 saturated carbocycles. The zero-order valence-corrected chi connectivity index (χ0v) is 20.6. The van der Waals surface area contributed by atoms with Crippen LogP contribution >= 0.6 is 11.6 Å². The zero-order chi connectivity index (χ0) is 25.3. The molecule has 0 radical (unpaired) electrons. The Labute approximate surface area is 207 Å². The summed E-state index contributed by atoms with van der Waals surface area (Å²) in [6, 6.07) is 1.84. The Morgan fingerprint density at radius 1 is 1.11 bits per heavy atom. The van der Waals surface area contributed by atoms with Crippen molar-refractivity contribution in [3.8, 4) is 0 Å². The molecule has 0 aliphatic heterocycles. The van der Waals surface area contributed by atoms with Gasteiger partial charge in [0.15, 0.2) is 0 Å². The smallest absolute Gasteiger partial charge is 0.362 e. The van der Waals surface area contributed by atoms with Crippen LogP contribution in [0.15, 0.2) is 18.2 Å². The third kappa shape index (κ3) is 5.58. The number of nitrogens with two attached hydrogens (primary N) is 1. The van der Waals surface area contributed by atoms with Gasteiger partial charge in [0.1, 0.15) is 5.82 Å². The maximum absolute atomic E-state index is 13.2. The number of fused-ring (bicyclic) bond motifs is 1. The van der Waals surface area contributed by atoms with Crippen molar-refractivity contribution in [2.45, 2.75) is 69.6 Å². The molecule has 0 bridgehead atoms. The average Bonchev–Trinajstić information content (AvgIpc) is 2.80. The SMILES string of the molecule is CN(C)c1nc(NC2CCC(N(C(N)=O)c3cc(C(F)(F)F)ccc3Cl)CC2)nc2c1CCCC2. The number of hydrogen-bond donors (Lipinski definition) is 2. The first kappa shape index (κ1) is 25.3. The van der Waals surface area contributed by atoms with Gasteiger partial charge in [0.2, 0.25) is 5.95 Å². The van der Waals surface area contributed by atoms with Crippen molar-refractivity contribution in [3.05, 3.63) is 40.0 Å². The molecule has 190 valence electrons. The topological polar surface area (TPSA) is 87.4 Å². The highest BCUT2D eigenvalue weighted by molar-refractivity contribution is 6.33. The Morgan fingerprint density at radius 3 is 2.43 bits per heavy atom. The predicted octanol–water partition coefficient (Wildman–Crippen LogP) is 5.40. The fourth-order valence-electron chi connectivity index (χ4n) is 5.04. The maximum atomic E-state index is 13.2. The summed E-state index contributed by atoms with van der Waals surface area (Å²) >= 11 is 6.19. The molecule has 2 amide bonds. The normalized spacial score (nSPS) is 20.2. The molecule has 35 heavy (non-hydrogen) atoms. The lowest BCUT2D eigenvalue weighted by Gasteiger charge is -2.37. The molecule has 1 aromatic carbocycles. The van der Waals surface area contributed by atoms with Crippen LogP contribution in [0.25, 0.3) is 0 Å². The van der Waals surface area contributed by atoms with E-state index in [1.165, 1.54) is 10.5 Å². The molecule has 4 rings (SSSR count). The lowest BCUT2D eigenvalue weighted by atomic mass is 9.90. The minimum atomic E-state index is -4.55. The van der Waals surface area contributed by atoms with Crippen LogP contribution in [0.2, 0.25) is 5.02 Å². The first-order valence-corrected chi connectivity index (χ1v) is 12.2. The van der Waals surface area contributed by atoms with Crippen LogP contribution in [-0.4, -0.2) is 42.2 Å². The number of nitrogens with one attached hydrogen (secondary N) is 1. The van der Waals surface area contributed by atoms with Crippen LogP contribution in [0.1, 0.15) is 55.3 Å². The summed E-state index contributed by atoms with van der Waals surface area (Å²) in [5.74, 6) is 1.52. The van der Waals surface area contributed by atoms with Gasteiger partial charge in [0.05, 0.1) is 22.0 Å². The second-order valence-corrected chi connectivity index (χ2v) is 9.83. The van der Waals surface area contributed by atoms with E-state index in [1.807, 2.05) is 19.0 Å². The number of aromatic nitrogens is 2. The first-order chi connectivity index (χ1) is 16.5. The Bertz CT molecular complexity index is 1090. The van der Waals surface area contributed by atoms with Gasteiger partial charge in [-0.1, -0.05) is 11.6 Å². The molecule has 0 spiro atoms. The summed E-state index contributed by atoms with van der Waals surface area (Å²) in [6.07, 6.45) is 2.09. The van der Waals surface area contributed by atoms with Crippen LogP contribution in [0, 0.1) is 0 Å². The van der Waals surface area contributed by atoms with Gasteiger partial charge in [-0.2, -0.15) is 18.2 Å². The number of carbonyl (C=O) groups is 1. The summed E-state index contributed by atoms with van der Waals surface area (Å²) in [6.45, 7) is 0. The van der Waals surface area contributed by atoms with Gasteiger partial charge in [-0.05, 0) is 69.6 Å². The standard InChI is InChI=1S/C24H30ClF3N6O/c1-33(2)21-17-5-3-4-6-19(17)31-23(32-21)30-15-8-10-16(11-9-15)34(22(29)35)20-13-14(24(26,27)28)7-12-18(20)25/h7,12-13,15-16H,3-6,8-11H2,1-2H3,(H2,29,35)(H,30,31,32). The number of anilines is 3. The van der Waals surface area contributed by atoms with E-state index >= 15 is 0 Å². The van der Waals surface area contributed by atoms with Gasteiger partial charge in [-0.25, -0.2) is 9.78 Å². The lowest BCUT2D eigenvalue weighted by molar-refractivity contribution is -0.137. The van der Waals surface area contributed by atoms with E-state index in [1.54, 1.807) is 0 Å². The van der Waals surface area contributed by atoms with Gasteiger partial charge < -0.3 is 16.0 Å². The third-order valence-corrected chi connectivity index (χ3v) is 7.07. The van der Waals surface area contributed by atoms with Crippen LogP contribution in [0.5, 0.6) is 0 Å². The zero-order valence-electron chi connectivity index (χ0n) is 19.8. The largest absolute Gasteiger partial charge is 0.416 e. The van der Waals surface area contributed by atoms with Crippen LogP contribution < -0.4 is 20.9 Å². The number of benzene rings is 1. The van der Waals surface area contributed by atoms with E-state index in [-0.39, 0.29) is 22.8 Å². The molecule has 0 unspecified atom stereocenters. The maximum Gasteiger partial charge on any atom is 0.416 e. The van der Waals surface area contributed by atoms with E-state index in [0.717, 1.165) is 55.4 Å². The molecule has 1 fully saturated rings. The minimum absolute atomic E-state index is 0.0148. The van der Waals surface area contributed by atoms with E-state index in [2.05, 4.69) is 5.32 Å². The molecule has 2 aliphatic carbocycles. The van der Waals surface area contributed by atoms with Gasteiger partial charge >= 0.3 is 12.2 Å². The van der Waals surface area contributed by atoms with Crippen molar-refractivity contribution in [2.24, 2.45) is 5.73 Å². The quantitative estimate of drug-likeness (QED) is 0.562. The Kier molecular flexibility index (Phi) is 7.30. The van der Waals surface area contributed by atoms with Gasteiger partial charge in [-0.15, -0.1) is 0 Å². The van der Waals surface area contributed by atoms with Gasteiger partial charge in [-0.3, -0.25) is 4.90 Å². The summed E-state index contributed by atoms with van der Waals surface area (Å²) in [4.78, 5) is 25.0. The van der Waals surface area contributed by atoms with E-state index < -0.39 is 17.8 Å². The summed E-state index contributed by atoms with van der Waals surface area (Å²) < 4.78 is 39.7. The third-order valence-electron chi connectivity index (χ3n) is 6.75. The molecule has 1 heterocycles. The van der Waals surface area contributed by atoms with Crippen molar-refractivity contribution in [1.29, 1.82) is 0 Å². The van der Waals surface area contributed by atoms with Gasteiger partial charge in [0.25, 0.3) is 0 Å². The molecule has 7 nitrogen and oxygen atoms in total. The molecule has 11 heteroatoms. The molecule has 2 aromatic rings. The van der Waals surface area contributed by atoms with Crippen molar-refractivity contribution in [1.82, 2.24) is 9.97 Å². The van der Waals surface area contributed by atoms with Gasteiger partial charge in [0, 0.05) is 31.7 Å². The number of urea groups is 1. The fraction of sp³-hybridized carbons (Fsp3) is 0.542. The highest BCUT2D eigenvalue weighted by atomic mass is 35.5. The molecular formula is C24H30ClF3N6O. The first-order valence-electron chi connectivity index (χ1n) is 11.8. The van der Waals surface area contributed by atoms with Crippen LogP contribution in [-0.2, 0) is 19.0 Å². The van der Waals surface area contributed by atoms with Crippen molar-refractivity contribution >= 4 is 35.1 Å². The molecule has 2 aliphatic rings. The van der Waals surface area contributed by atoms with E-state index in [9.17, 15) is 18.0 Å². The number of hydrogen-bond acceptors (Lipinski definition) is 5. The number of halogens is 4. The fourth-order valence-corrected chi connectivity index (χ4v) is 5.25. The second kappa shape index (κ2) is 10.1. The predicted molar refractivity (Wildman–Crippen MR) is 131 cm³/mol. The number of alkyl halides is 3. The number of nitrogens with zero attached hydrogens (tertiary/aromatic N) is 4. The monoisotopic (exact) mass is 510 g/mol. The average molecular weight is 511 g/mol. The molecule has 0 saturated heterocycles.